The van der Waals surface area contributed by atoms with Crippen LogP contribution in [0, 0.1) is 6.92 Å². The van der Waals surface area contributed by atoms with E-state index in [9.17, 15) is 14.4 Å². The molecule has 1 N–H and O–H groups in total. The third-order valence-corrected chi connectivity index (χ3v) is 4.71. The van der Waals surface area contributed by atoms with Crippen LogP contribution in [0.1, 0.15) is 36.9 Å². The number of aryl methyl sites for hydroxylation is 1. The molecule has 0 radical (unpaired) electrons. The number of ether oxygens (including phenoxy) is 1. The Morgan fingerprint density at radius 3 is 2.21 bits per heavy atom. The number of carbonyl (C=O) groups excluding carboxylic acids is 2. The molecule has 0 bridgehead atoms. The highest BCUT2D eigenvalue weighted by Crippen LogP contribution is 2.16. The minimum absolute atomic E-state index is 0.0743. The third-order valence-electron chi connectivity index (χ3n) is 4.71. The van der Waals surface area contributed by atoms with Crippen molar-refractivity contribution in [2.45, 2.75) is 6.92 Å². The molecule has 1 aliphatic rings. The van der Waals surface area contributed by atoms with Crippen LogP contribution in [0.5, 0.6) is 5.75 Å². The van der Waals surface area contributed by atoms with Crippen molar-refractivity contribution < 1.29 is 24.2 Å². The summed E-state index contributed by atoms with van der Waals surface area (Å²) >= 11 is 0. The van der Waals surface area contributed by atoms with Gasteiger partial charge in [-0.1, -0.05) is 6.07 Å². The molecule has 2 amide bonds. The van der Waals surface area contributed by atoms with Crippen molar-refractivity contribution in [1.82, 2.24) is 14.8 Å². The summed E-state index contributed by atoms with van der Waals surface area (Å²) in [5.41, 5.74) is 1.12. The van der Waals surface area contributed by atoms with Gasteiger partial charge in [-0.25, -0.2) is 9.78 Å². The largest absolute Gasteiger partial charge is 0.497 e. The molecule has 0 aliphatic carbocycles. The smallest absolute Gasteiger partial charge is 0.337 e. The molecule has 1 saturated heterocycles. The average molecular weight is 383 g/mol. The quantitative estimate of drug-likeness (QED) is 0.863. The van der Waals surface area contributed by atoms with Crippen LogP contribution in [0.25, 0.3) is 0 Å². The lowest BCUT2D eigenvalue weighted by atomic mass is 10.1. The number of hydrogen-bond acceptors (Lipinski definition) is 5. The van der Waals surface area contributed by atoms with Crippen molar-refractivity contribution in [2.24, 2.45) is 0 Å². The number of carbonyl (C=O) groups is 3. The molecule has 2 aromatic rings. The molecule has 8 heteroatoms. The minimum atomic E-state index is -1.08. The predicted molar refractivity (Wildman–Crippen MR) is 101 cm³/mol. The fourth-order valence-corrected chi connectivity index (χ4v) is 3.12. The first-order valence-corrected chi connectivity index (χ1v) is 8.84. The number of carboxylic acid groups (broad SMARTS) is 1. The molecule has 0 spiro atoms. The number of rotatable bonds is 4. The first kappa shape index (κ1) is 19.3. The highest BCUT2D eigenvalue weighted by atomic mass is 16.5. The van der Waals surface area contributed by atoms with Gasteiger partial charge in [-0.2, -0.15) is 0 Å². The number of carboxylic acids is 1. The molecular weight excluding hydrogens is 362 g/mol. The number of benzene rings is 1. The van der Waals surface area contributed by atoms with E-state index in [2.05, 4.69) is 4.98 Å². The number of nitrogens with zero attached hydrogens (tertiary/aromatic N) is 3. The van der Waals surface area contributed by atoms with E-state index in [1.54, 1.807) is 48.1 Å². The average Bonchev–Trinajstić information content (AvgIpc) is 2.72. The Bertz CT molecular complexity index is 920. The van der Waals surface area contributed by atoms with Gasteiger partial charge in [0.15, 0.2) is 0 Å². The maximum absolute atomic E-state index is 12.7. The predicted octanol–water partition coefficient (Wildman–Crippen LogP) is 1.70. The van der Waals surface area contributed by atoms with Crippen LogP contribution in [0.4, 0.5) is 0 Å². The van der Waals surface area contributed by atoms with Gasteiger partial charge >= 0.3 is 5.97 Å². The summed E-state index contributed by atoms with van der Waals surface area (Å²) in [4.78, 5) is 43.8. The van der Waals surface area contributed by atoms with Crippen LogP contribution in [0.2, 0.25) is 0 Å². The summed E-state index contributed by atoms with van der Waals surface area (Å²) in [6.45, 7) is 3.15. The van der Waals surface area contributed by atoms with E-state index >= 15 is 0 Å². The zero-order chi connectivity index (χ0) is 20.3. The van der Waals surface area contributed by atoms with Crippen molar-refractivity contribution in [1.29, 1.82) is 0 Å². The standard InChI is InChI=1S/C20H21N3O5/c1-13-16(20(26)27)6-7-17(21-13)19(25)23-10-8-22(9-11-23)18(24)14-4-3-5-15(12-14)28-2/h3-7,12H,8-11H2,1-2H3,(H,26,27). The molecule has 1 aromatic heterocycles. The zero-order valence-corrected chi connectivity index (χ0v) is 15.7. The molecular formula is C20H21N3O5. The number of piperazine rings is 1. The number of aromatic carboxylic acids is 1. The molecule has 0 atom stereocenters. The van der Waals surface area contributed by atoms with Crippen LogP contribution in [0.3, 0.4) is 0 Å². The van der Waals surface area contributed by atoms with Crippen LogP contribution in [-0.4, -0.2) is 71.0 Å². The summed E-state index contributed by atoms with van der Waals surface area (Å²) < 4.78 is 5.16. The van der Waals surface area contributed by atoms with Gasteiger partial charge in [0.1, 0.15) is 11.4 Å². The van der Waals surface area contributed by atoms with E-state index in [1.807, 2.05) is 0 Å². The summed E-state index contributed by atoms with van der Waals surface area (Å²) in [5.74, 6) is -0.834. The molecule has 2 heterocycles. The van der Waals surface area contributed by atoms with E-state index in [4.69, 9.17) is 9.84 Å². The van der Waals surface area contributed by atoms with E-state index in [0.29, 0.717) is 43.2 Å². The lowest BCUT2D eigenvalue weighted by Gasteiger charge is -2.34. The molecule has 1 fully saturated rings. The van der Waals surface area contributed by atoms with E-state index in [-0.39, 0.29) is 23.1 Å². The fraction of sp³-hybridized carbons (Fsp3) is 0.300. The van der Waals surface area contributed by atoms with Gasteiger partial charge in [-0.05, 0) is 37.3 Å². The normalized spacial score (nSPS) is 13.9. The zero-order valence-electron chi connectivity index (χ0n) is 15.7. The van der Waals surface area contributed by atoms with Crippen molar-refractivity contribution in [3.63, 3.8) is 0 Å². The first-order valence-electron chi connectivity index (χ1n) is 8.84. The number of hydrogen-bond donors (Lipinski definition) is 1. The second-order valence-corrected chi connectivity index (χ2v) is 6.45. The Balaban J connectivity index is 1.64. The van der Waals surface area contributed by atoms with E-state index in [1.165, 1.54) is 12.1 Å². The van der Waals surface area contributed by atoms with Crippen molar-refractivity contribution >= 4 is 17.8 Å². The van der Waals surface area contributed by atoms with E-state index in [0.717, 1.165) is 0 Å². The Hall–Kier alpha value is -3.42. The summed E-state index contributed by atoms with van der Waals surface area (Å²) in [5, 5.41) is 9.07. The SMILES string of the molecule is COc1cccc(C(=O)N2CCN(C(=O)c3ccc(C(=O)O)c(C)n3)CC2)c1. The second-order valence-electron chi connectivity index (χ2n) is 6.45. The Morgan fingerprint density at radius 2 is 1.64 bits per heavy atom. The van der Waals surface area contributed by atoms with Gasteiger partial charge < -0.3 is 19.6 Å². The molecule has 1 aliphatic heterocycles. The topological polar surface area (TPSA) is 100 Å². The molecule has 0 unspecified atom stereocenters. The molecule has 28 heavy (non-hydrogen) atoms. The Kier molecular flexibility index (Phi) is 5.58. The lowest BCUT2D eigenvalue weighted by molar-refractivity contribution is 0.0532. The molecule has 3 rings (SSSR count). The highest BCUT2D eigenvalue weighted by molar-refractivity contribution is 5.96. The maximum Gasteiger partial charge on any atom is 0.337 e. The number of aromatic nitrogens is 1. The number of amides is 2. The highest BCUT2D eigenvalue weighted by Gasteiger charge is 2.26. The summed E-state index contributed by atoms with van der Waals surface area (Å²) in [6, 6.07) is 9.78. The minimum Gasteiger partial charge on any atom is -0.497 e. The van der Waals surface area contributed by atoms with Gasteiger partial charge in [-0.15, -0.1) is 0 Å². The Labute approximate surface area is 162 Å². The molecule has 1 aromatic carbocycles. The second kappa shape index (κ2) is 8.08. The first-order chi connectivity index (χ1) is 13.4. The number of pyridine rings is 1. The van der Waals surface area contributed by atoms with E-state index < -0.39 is 5.97 Å². The monoisotopic (exact) mass is 383 g/mol. The molecule has 146 valence electrons. The van der Waals surface area contributed by atoms with Crippen molar-refractivity contribution in [2.75, 3.05) is 33.3 Å². The van der Waals surface area contributed by atoms with Crippen molar-refractivity contribution in [3.8, 4) is 5.75 Å². The van der Waals surface area contributed by atoms with Crippen LogP contribution >= 0.6 is 0 Å². The van der Waals surface area contributed by atoms with Crippen LogP contribution < -0.4 is 4.74 Å². The van der Waals surface area contributed by atoms with Crippen molar-refractivity contribution in [3.05, 3.63) is 58.9 Å². The fourth-order valence-electron chi connectivity index (χ4n) is 3.12. The van der Waals surface area contributed by atoms with Crippen LogP contribution in [0.15, 0.2) is 36.4 Å². The molecule has 8 nitrogen and oxygen atoms in total. The third kappa shape index (κ3) is 3.95. The maximum atomic E-state index is 12.7. The van der Waals surface area contributed by atoms with Gasteiger partial charge in [0.25, 0.3) is 11.8 Å². The van der Waals surface area contributed by atoms with Gasteiger partial charge in [0.2, 0.25) is 0 Å². The Morgan fingerprint density at radius 1 is 1.00 bits per heavy atom. The van der Waals surface area contributed by atoms with Gasteiger partial charge in [0.05, 0.1) is 18.4 Å². The van der Waals surface area contributed by atoms with Gasteiger partial charge in [-0.3, -0.25) is 9.59 Å². The lowest BCUT2D eigenvalue weighted by Crippen LogP contribution is -2.50. The summed E-state index contributed by atoms with van der Waals surface area (Å²) in [6.07, 6.45) is 0. The van der Waals surface area contributed by atoms with Crippen LogP contribution in [-0.2, 0) is 0 Å². The number of methoxy groups -OCH3 is 1. The summed E-state index contributed by atoms with van der Waals surface area (Å²) in [7, 11) is 1.55. The van der Waals surface area contributed by atoms with Gasteiger partial charge in [0, 0.05) is 31.7 Å². The molecule has 0 saturated carbocycles.